The molecule has 4 heterocycles. The lowest BCUT2D eigenvalue weighted by atomic mass is 9.86. The highest BCUT2D eigenvalue weighted by molar-refractivity contribution is 6.30. The molecule has 1 atom stereocenters. The van der Waals surface area contributed by atoms with E-state index in [0.717, 1.165) is 44.6 Å². The average Bonchev–Trinajstić information content (AvgIpc) is 3.30. The first-order chi connectivity index (χ1) is 18.6. The van der Waals surface area contributed by atoms with Gasteiger partial charge in [-0.05, 0) is 56.0 Å². The van der Waals surface area contributed by atoms with Gasteiger partial charge in [0, 0.05) is 75.0 Å². The number of nitrogens with zero attached hydrogens (tertiary/aromatic N) is 6. The van der Waals surface area contributed by atoms with Crippen LogP contribution in [0.25, 0.3) is 0 Å². The molecule has 8 nitrogen and oxygen atoms in total. The quantitative estimate of drug-likeness (QED) is 0.561. The molecule has 1 aromatic carbocycles. The molecule has 2 amide bonds. The topological polar surface area (TPSA) is 64.9 Å². The minimum Gasteiger partial charge on any atom is -0.336 e. The molecule has 6 rings (SSSR count). The summed E-state index contributed by atoms with van der Waals surface area (Å²) < 4.78 is 40.9. The number of halogens is 4. The summed E-state index contributed by atoms with van der Waals surface area (Å²) in [4.78, 5) is 34.4. The number of likely N-dealkylation sites (tertiary alicyclic amines) is 2. The summed E-state index contributed by atoms with van der Waals surface area (Å²) in [5, 5.41) is 4.28. The van der Waals surface area contributed by atoms with Crippen molar-refractivity contribution >= 4 is 23.5 Å². The fourth-order valence-corrected chi connectivity index (χ4v) is 6.61. The van der Waals surface area contributed by atoms with Crippen LogP contribution in [0.1, 0.15) is 47.2 Å². The number of carbonyl (C=O) groups is 2. The Morgan fingerprint density at radius 2 is 1.72 bits per heavy atom. The maximum atomic E-state index is 13.2. The van der Waals surface area contributed by atoms with Crippen molar-refractivity contribution in [1.29, 1.82) is 0 Å². The van der Waals surface area contributed by atoms with Crippen molar-refractivity contribution in [2.24, 2.45) is 5.41 Å². The summed E-state index contributed by atoms with van der Waals surface area (Å²) in [7, 11) is 0. The molecule has 1 aromatic heterocycles. The van der Waals surface area contributed by atoms with Gasteiger partial charge in [-0.15, -0.1) is 0 Å². The Balaban J connectivity index is 1.04. The van der Waals surface area contributed by atoms with E-state index in [2.05, 4.69) is 14.9 Å². The van der Waals surface area contributed by atoms with Gasteiger partial charge >= 0.3 is 12.2 Å². The zero-order valence-electron chi connectivity index (χ0n) is 21.7. The number of amides is 2. The molecule has 4 fully saturated rings. The van der Waals surface area contributed by atoms with E-state index < -0.39 is 11.7 Å². The van der Waals surface area contributed by atoms with Gasteiger partial charge in [-0.3, -0.25) is 14.6 Å². The van der Waals surface area contributed by atoms with Crippen LogP contribution >= 0.6 is 11.6 Å². The molecule has 1 aliphatic carbocycles. The van der Waals surface area contributed by atoms with Crippen molar-refractivity contribution in [3.63, 3.8) is 0 Å². The Morgan fingerprint density at radius 3 is 2.44 bits per heavy atom. The third-order valence-electron chi connectivity index (χ3n) is 8.61. The summed E-state index contributed by atoms with van der Waals surface area (Å²) in [6.45, 7) is 6.09. The molecule has 4 aliphatic rings. The van der Waals surface area contributed by atoms with Crippen LogP contribution in [0.5, 0.6) is 0 Å². The maximum absolute atomic E-state index is 13.2. The molecule has 3 saturated heterocycles. The number of hydrogen-bond acceptors (Lipinski definition) is 5. The molecular formula is C27H32ClF3N6O2. The van der Waals surface area contributed by atoms with Gasteiger partial charge in [-0.1, -0.05) is 11.6 Å². The Bertz CT molecular complexity index is 1260. The van der Waals surface area contributed by atoms with Gasteiger partial charge in [0.1, 0.15) is 0 Å². The van der Waals surface area contributed by atoms with E-state index >= 15 is 0 Å². The van der Waals surface area contributed by atoms with E-state index in [1.54, 1.807) is 11.0 Å². The number of aromatic nitrogens is 2. The zero-order valence-corrected chi connectivity index (χ0v) is 22.4. The summed E-state index contributed by atoms with van der Waals surface area (Å²) in [6, 6.07) is 4.12. The number of piperazine rings is 1. The van der Waals surface area contributed by atoms with Crippen LogP contribution in [0, 0.1) is 5.41 Å². The number of carbonyl (C=O) groups excluding carboxylic acids is 2. The highest BCUT2D eigenvalue weighted by Crippen LogP contribution is 2.40. The second-order valence-corrected chi connectivity index (χ2v) is 11.9. The zero-order chi connectivity index (χ0) is 27.4. The molecule has 39 heavy (non-hydrogen) atoms. The molecule has 0 N–H and O–H groups in total. The number of benzene rings is 1. The van der Waals surface area contributed by atoms with Crippen molar-refractivity contribution in [2.75, 3.05) is 52.4 Å². The summed E-state index contributed by atoms with van der Waals surface area (Å²) in [5.41, 5.74) is 0.104. The predicted molar refractivity (Wildman–Crippen MR) is 138 cm³/mol. The van der Waals surface area contributed by atoms with Crippen molar-refractivity contribution in [3.05, 3.63) is 52.3 Å². The monoisotopic (exact) mass is 564 g/mol. The molecule has 0 bridgehead atoms. The third-order valence-corrected chi connectivity index (χ3v) is 8.83. The Labute approximate surface area is 230 Å². The fourth-order valence-electron chi connectivity index (χ4n) is 6.35. The standard InChI is InChI=1S/C27H32ClF3N6O2/c28-22-12-19(11-21(13-22)27(29,30)31)15-33-5-3-26(17-33)4-6-36(18-26)25(39)37-16-20(14-32-37)24(38)35-9-7-34(8-10-35)23-1-2-23/h11-14,16,23H,1-10,15,17-18H2. The van der Waals surface area contributed by atoms with Gasteiger partial charge < -0.3 is 9.80 Å². The second kappa shape index (κ2) is 10.1. The largest absolute Gasteiger partial charge is 0.416 e. The summed E-state index contributed by atoms with van der Waals surface area (Å²) in [5.74, 6) is -0.0940. The van der Waals surface area contributed by atoms with Gasteiger partial charge in [-0.25, -0.2) is 4.79 Å². The highest BCUT2D eigenvalue weighted by Gasteiger charge is 2.45. The molecule has 3 aliphatic heterocycles. The van der Waals surface area contributed by atoms with Crippen LogP contribution in [-0.2, 0) is 12.7 Å². The number of alkyl halides is 3. The van der Waals surface area contributed by atoms with Crippen molar-refractivity contribution in [2.45, 2.75) is 44.4 Å². The Morgan fingerprint density at radius 1 is 0.974 bits per heavy atom. The highest BCUT2D eigenvalue weighted by atomic mass is 35.5. The lowest BCUT2D eigenvalue weighted by molar-refractivity contribution is -0.137. The summed E-state index contributed by atoms with van der Waals surface area (Å²) in [6.07, 6.45) is 2.74. The first-order valence-corrected chi connectivity index (χ1v) is 13.9. The van der Waals surface area contributed by atoms with Crippen LogP contribution in [0.2, 0.25) is 5.02 Å². The SMILES string of the molecule is O=C(c1cnn(C(=O)N2CCC3(CCN(Cc4cc(Cl)cc(C(F)(F)F)c4)C3)C2)c1)N1CCN(C2CC2)CC1. The van der Waals surface area contributed by atoms with Crippen LogP contribution < -0.4 is 0 Å². The first kappa shape index (κ1) is 26.6. The second-order valence-electron chi connectivity index (χ2n) is 11.5. The van der Waals surface area contributed by atoms with Crippen LogP contribution in [-0.4, -0.2) is 99.7 Å². The Kier molecular flexibility index (Phi) is 6.87. The fraction of sp³-hybridized carbons (Fsp3) is 0.593. The van der Waals surface area contributed by atoms with E-state index in [-0.39, 0.29) is 22.4 Å². The summed E-state index contributed by atoms with van der Waals surface area (Å²) >= 11 is 5.96. The molecule has 1 spiro atoms. The van der Waals surface area contributed by atoms with E-state index in [1.807, 2.05) is 4.90 Å². The third kappa shape index (κ3) is 5.67. The smallest absolute Gasteiger partial charge is 0.336 e. The van der Waals surface area contributed by atoms with E-state index in [0.29, 0.717) is 56.4 Å². The van der Waals surface area contributed by atoms with Crippen LogP contribution in [0.3, 0.4) is 0 Å². The molecule has 1 saturated carbocycles. The van der Waals surface area contributed by atoms with Gasteiger partial charge in [0.2, 0.25) is 0 Å². The lowest BCUT2D eigenvalue weighted by Gasteiger charge is -2.34. The minimum absolute atomic E-state index is 0.0731. The molecule has 210 valence electrons. The lowest BCUT2D eigenvalue weighted by Crippen LogP contribution is -2.49. The van der Waals surface area contributed by atoms with Crippen LogP contribution in [0.4, 0.5) is 18.0 Å². The molecule has 2 aromatic rings. The van der Waals surface area contributed by atoms with Gasteiger partial charge in [0.25, 0.3) is 5.91 Å². The van der Waals surface area contributed by atoms with Crippen LogP contribution in [0.15, 0.2) is 30.6 Å². The maximum Gasteiger partial charge on any atom is 0.416 e. The molecular weight excluding hydrogens is 533 g/mol. The number of hydrogen-bond donors (Lipinski definition) is 0. The van der Waals surface area contributed by atoms with Crippen molar-refractivity contribution in [1.82, 2.24) is 29.4 Å². The van der Waals surface area contributed by atoms with E-state index in [9.17, 15) is 22.8 Å². The average molecular weight is 565 g/mol. The van der Waals surface area contributed by atoms with Gasteiger partial charge in [0.15, 0.2) is 0 Å². The first-order valence-electron chi connectivity index (χ1n) is 13.5. The predicted octanol–water partition coefficient (Wildman–Crippen LogP) is 4.04. The normalized spacial score (nSPS) is 24.7. The van der Waals surface area contributed by atoms with Crippen molar-refractivity contribution in [3.8, 4) is 0 Å². The van der Waals surface area contributed by atoms with E-state index in [1.165, 1.54) is 29.9 Å². The van der Waals surface area contributed by atoms with E-state index in [4.69, 9.17) is 11.6 Å². The number of rotatable bonds is 4. The van der Waals surface area contributed by atoms with Gasteiger partial charge in [-0.2, -0.15) is 23.0 Å². The van der Waals surface area contributed by atoms with Crippen molar-refractivity contribution < 1.29 is 22.8 Å². The molecule has 1 unspecified atom stereocenters. The molecule has 0 radical (unpaired) electrons. The molecule has 12 heteroatoms. The van der Waals surface area contributed by atoms with Gasteiger partial charge in [0.05, 0.1) is 17.3 Å². The minimum atomic E-state index is -4.44. The Hall–Kier alpha value is -2.63.